The summed E-state index contributed by atoms with van der Waals surface area (Å²) >= 11 is 0. The van der Waals surface area contributed by atoms with E-state index in [2.05, 4.69) is 15.0 Å². The third-order valence-corrected chi connectivity index (χ3v) is 1.92. The van der Waals surface area contributed by atoms with Gasteiger partial charge in [-0.15, -0.1) is 0 Å². The number of nitrogen functional groups attached to an aromatic ring is 3. The summed E-state index contributed by atoms with van der Waals surface area (Å²) in [5.74, 6) is 0.547. The predicted molar refractivity (Wildman–Crippen MR) is 58.5 cm³/mol. The molecule has 0 atom stereocenters. The lowest BCUT2D eigenvalue weighted by Gasteiger charge is -2.07. The number of hydrogen-bond donors (Lipinski definition) is 3. The van der Waals surface area contributed by atoms with Crippen molar-refractivity contribution in [2.24, 2.45) is 0 Å². The number of rotatable bonds is 1. The van der Waals surface area contributed by atoms with E-state index < -0.39 is 0 Å². The van der Waals surface area contributed by atoms with Crippen molar-refractivity contribution >= 4 is 17.3 Å². The number of anilines is 3. The molecule has 0 spiro atoms. The maximum Gasteiger partial charge on any atom is 0.137 e. The van der Waals surface area contributed by atoms with Crippen LogP contribution in [-0.4, -0.2) is 15.0 Å². The summed E-state index contributed by atoms with van der Waals surface area (Å²) in [5, 5.41) is 0. The Bertz CT molecular complexity index is 458. The Morgan fingerprint density at radius 1 is 1.07 bits per heavy atom. The van der Waals surface area contributed by atoms with Crippen LogP contribution in [0, 0.1) is 0 Å². The van der Waals surface area contributed by atoms with Crippen LogP contribution >= 0.6 is 0 Å². The molecule has 2 rings (SSSR count). The Hall–Kier alpha value is -2.37. The highest BCUT2D eigenvalue weighted by Gasteiger charge is 2.10. The van der Waals surface area contributed by atoms with Crippen molar-refractivity contribution in [1.29, 1.82) is 0 Å². The van der Waals surface area contributed by atoms with Crippen molar-refractivity contribution in [3.63, 3.8) is 0 Å². The van der Waals surface area contributed by atoms with Crippen LogP contribution in [0.25, 0.3) is 11.3 Å². The van der Waals surface area contributed by atoms with Gasteiger partial charge in [-0.25, -0.2) is 4.98 Å². The molecule has 0 fully saturated rings. The molecule has 6 N–H and O–H groups in total. The van der Waals surface area contributed by atoms with Gasteiger partial charge in [0, 0.05) is 24.1 Å². The van der Waals surface area contributed by atoms with Gasteiger partial charge in [-0.3, -0.25) is 9.97 Å². The van der Waals surface area contributed by atoms with Crippen molar-refractivity contribution in [2.45, 2.75) is 0 Å². The van der Waals surface area contributed by atoms with Crippen molar-refractivity contribution in [1.82, 2.24) is 15.0 Å². The van der Waals surface area contributed by atoms with E-state index in [1.165, 1.54) is 0 Å². The summed E-state index contributed by atoms with van der Waals surface area (Å²) in [6.45, 7) is 0. The van der Waals surface area contributed by atoms with E-state index in [9.17, 15) is 0 Å². The fraction of sp³-hybridized carbons (Fsp3) is 0. The maximum absolute atomic E-state index is 5.79. The molecule has 15 heavy (non-hydrogen) atoms. The van der Waals surface area contributed by atoms with Crippen molar-refractivity contribution < 1.29 is 0 Å². The highest BCUT2D eigenvalue weighted by Crippen LogP contribution is 2.29. The standard InChI is InChI=1S/C9H10N6/c10-5-3-7(11)15-9(12)8(5)6-4-13-1-2-14-6/h1-4H,(H6,10,11,12,15). The van der Waals surface area contributed by atoms with Crippen LogP contribution in [0.5, 0.6) is 0 Å². The molecule has 0 aromatic carbocycles. The van der Waals surface area contributed by atoms with E-state index in [1.54, 1.807) is 24.7 Å². The van der Waals surface area contributed by atoms with Gasteiger partial charge in [0.25, 0.3) is 0 Å². The summed E-state index contributed by atoms with van der Waals surface area (Å²) in [7, 11) is 0. The third-order valence-electron chi connectivity index (χ3n) is 1.92. The van der Waals surface area contributed by atoms with Gasteiger partial charge in [-0.2, -0.15) is 0 Å². The molecular formula is C9H10N6. The second kappa shape index (κ2) is 3.41. The summed E-state index contributed by atoms with van der Waals surface area (Å²) in [5.41, 5.74) is 18.6. The lowest BCUT2D eigenvalue weighted by molar-refractivity contribution is 1.20. The Balaban J connectivity index is 2.64. The molecular weight excluding hydrogens is 192 g/mol. The van der Waals surface area contributed by atoms with Gasteiger partial charge in [-0.05, 0) is 0 Å². The summed E-state index contributed by atoms with van der Waals surface area (Å²) in [6, 6.07) is 1.54. The molecule has 0 bridgehead atoms. The summed E-state index contributed by atoms with van der Waals surface area (Å²) in [6.07, 6.45) is 4.70. The minimum absolute atomic E-state index is 0.257. The first-order valence-corrected chi connectivity index (χ1v) is 4.26. The lowest BCUT2D eigenvalue weighted by Crippen LogP contribution is -2.03. The van der Waals surface area contributed by atoms with E-state index >= 15 is 0 Å². The van der Waals surface area contributed by atoms with E-state index in [0.717, 1.165) is 0 Å². The third kappa shape index (κ3) is 1.64. The molecule has 0 saturated carbocycles. The van der Waals surface area contributed by atoms with Gasteiger partial charge in [0.2, 0.25) is 0 Å². The van der Waals surface area contributed by atoms with Crippen LogP contribution in [0.4, 0.5) is 17.3 Å². The Labute approximate surface area is 86.2 Å². The predicted octanol–water partition coefficient (Wildman–Crippen LogP) is 0.285. The van der Waals surface area contributed by atoms with E-state index in [1.807, 2.05) is 0 Å². The minimum atomic E-state index is 0.257. The minimum Gasteiger partial charge on any atom is -0.398 e. The largest absolute Gasteiger partial charge is 0.398 e. The van der Waals surface area contributed by atoms with Crippen molar-refractivity contribution in [2.75, 3.05) is 17.2 Å². The van der Waals surface area contributed by atoms with Crippen LogP contribution in [0.15, 0.2) is 24.7 Å². The first kappa shape index (κ1) is 9.20. The van der Waals surface area contributed by atoms with E-state index in [0.29, 0.717) is 16.9 Å². The number of hydrogen-bond acceptors (Lipinski definition) is 6. The molecule has 0 aliphatic carbocycles. The average Bonchev–Trinajstić information content (AvgIpc) is 2.17. The van der Waals surface area contributed by atoms with Crippen LogP contribution in [0.2, 0.25) is 0 Å². The molecule has 6 heteroatoms. The molecule has 0 amide bonds. The average molecular weight is 202 g/mol. The van der Waals surface area contributed by atoms with Gasteiger partial charge < -0.3 is 17.2 Å². The van der Waals surface area contributed by atoms with Gasteiger partial charge >= 0.3 is 0 Å². The zero-order valence-corrected chi connectivity index (χ0v) is 7.88. The van der Waals surface area contributed by atoms with Gasteiger partial charge in [0.15, 0.2) is 0 Å². The molecule has 6 nitrogen and oxygen atoms in total. The molecule has 0 radical (unpaired) electrons. The fourth-order valence-corrected chi connectivity index (χ4v) is 1.31. The molecule has 0 aliphatic rings. The number of nitrogens with zero attached hydrogens (tertiary/aromatic N) is 3. The van der Waals surface area contributed by atoms with Crippen molar-refractivity contribution in [3.8, 4) is 11.3 Å². The second-order valence-corrected chi connectivity index (χ2v) is 2.99. The molecule has 76 valence electrons. The molecule has 0 saturated heterocycles. The SMILES string of the molecule is Nc1cc(N)c(-c2cnccn2)c(N)n1. The van der Waals surface area contributed by atoms with E-state index in [-0.39, 0.29) is 11.6 Å². The van der Waals surface area contributed by atoms with E-state index in [4.69, 9.17) is 17.2 Å². The molecule has 0 unspecified atom stereocenters. The summed E-state index contributed by atoms with van der Waals surface area (Å²) in [4.78, 5) is 11.9. The van der Waals surface area contributed by atoms with Crippen molar-refractivity contribution in [3.05, 3.63) is 24.7 Å². The van der Waals surface area contributed by atoms with Crippen LogP contribution in [0.3, 0.4) is 0 Å². The molecule has 2 aromatic rings. The second-order valence-electron chi connectivity index (χ2n) is 2.99. The quantitative estimate of drug-likeness (QED) is 0.611. The lowest BCUT2D eigenvalue weighted by atomic mass is 10.1. The number of aromatic nitrogens is 3. The fourth-order valence-electron chi connectivity index (χ4n) is 1.31. The Kier molecular flexibility index (Phi) is 2.09. The molecule has 2 heterocycles. The maximum atomic E-state index is 5.79. The highest BCUT2D eigenvalue weighted by atomic mass is 14.9. The Morgan fingerprint density at radius 2 is 1.87 bits per heavy atom. The first-order chi connectivity index (χ1) is 7.18. The smallest absolute Gasteiger partial charge is 0.137 e. The molecule has 2 aromatic heterocycles. The van der Waals surface area contributed by atoms with Gasteiger partial charge in [0.1, 0.15) is 11.6 Å². The van der Waals surface area contributed by atoms with Gasteiger partial charge in [0.05, 0.1) is 17.5 Å². The Morgan fingerprint density at radius 3 is 2.47 bits per heavy atom. The van der Waals surface area contributed by atoms with Crippen LogP contribution in [0.1, 0.15) is 0 Å². The number of pyridine rings is 1. The topological polar surface area (TPSA) is 117 Å². The highest BCUT2D eigenvalue weighted by molar-refractivity contribution is 5.83. The van der Waals surface area contributed by atoms with Crippen LogP contribution in [-0.2, 0) is 0 Å². The first-order valence-electron chi connectivity index (χ1n) is 4.26. The zero-order valence-electron chi connectivity index (χ0n) is 7.88. The monoisotopic (exact) mass is 202 g/mol. The van der Waals surface area contributed by atoms with Crippen LogP contribution < -0.4 is 17.2 Å². The summed E-state index contributed by atoms with van der Waals surface area (Å²) < 4.78 is 0. The number of nitrogens with two attached hydrogens (primary N) is 3. The molecule has 0 aliphatic heterocycles. The van der Waals surface area contributed by atoms with Gasteiger partial charge in [-0.1, -0.05) is 0 Å². The normalized spacial score (nSPS) is 10.1. The zero-order chi connectivity index (χ0) is 10.8.